The van der Waals surface area contributed by atoms with Crippen molar-refractivity contribution in [3.05, 3.63) is 23.3 Å². The van der Waals surface area contributed by atoms with Crippen molar-refractivity contribution >= 4 is 5.71 Å². The first-order chi connectivity index (χ1) is 7.69. The van der Waals surface area contributed by atoms with Crippen molar-refractivity contribution in [2.45, 2.75) is 53.4 Å². The fourth-order valence-corrected chi connectivity index (χ4v) is 2.14. The van der Waals surface area contributed by atoms with Crippen LogP contribution < -0.4 is 0 Å². The first kappa shape index (κ1) is 13.2. The molecule has 0 amide bonds. The molecule has 0 saturated heterocycles. The molecule has 0 radical (unpaired) electrons. The predicted octanol–water partition coefficient (Wildman–Crippen LogP) is 4.55. The zero-order valence-electron chi connectivity index (χ0n) is 11.2. The zero-order valence-corrected chi connectivity index (χ0v) is 11.2. The van der Waals surface area contributed by atoms with Crippen LogP contribution in [0.15, 0.2) is 28.3 Å². The minimum atomic E-state index is 0.759. The summed E-state index contributed by atoms with van der Waals surface area (Å²) in [6, 6.07) is 0. The van der Waals surface area contributed by atoms with Crippen molar-refractivity contribution in [3.8, 4) is 0 Å². The normalized spacial score (nSPS) is 29.8. The molecule has 1 rings (SSSR count). The minimum Gasteiger partial charge on any atom is -0.289 e. The Kier molecular flexibility index (Phi) is 5.51. The summed E-state index contributed by atoms with van der Waals surface area (Å²) in [5.74, 6) is 0.759. The second kappa shape index (κ2) is 6.67. The maximum atomic E-state index is 4.69. The van der Waals surface area contributed by atoms with Crippen LogP contribution in [0.5, 0.6) is 0 Å². The molecule has 0 bridgehead atoms. The summed E-state index contributed by atoms with van der Waals surface area (Å²) in [5, 5.41) is 0. The van der Waals surface area contributed by atoms with Gasteiger partial charge in [-0.05, 0) is 51.0 Å². The Balaban J connectivity index is 3.07. The van der Waals surface area contributed by atoms with Gasteiger partial charge in [0.15, 0.2) is 0 Å². The second-order valence-electron chi connectivity index (χ2n) is 4.76. The largest absolute Gasteiger partial charge is 0.289 e. The molecule has 0 saturated carbocycles. The van der Waals surface area contributed by atoms with E-state index < -0.39 is 0 Å². The lowest BCUT2D eigenvalue weighted by atomic mass is 9.89. The molecule has 0 unspecified atom stereocenters. The van der Waals surface area contributed by atoms with Crippen LogP contribution >= 0.6 is 0 Å². The van der Waals surface area contributed by atoms with Crippen molar-refractivity contribution in [3.63, 3.8) is 0 Å². The van der Waals surface area contributed by atoms with Gasteiger partial charge in [0.1, 0.15) is 0 Å². The van der Waals surface area contributed by atoms with Gasteiger partial charge < -0.3 is 0 Å². The van der Waals surface area contributed by atoms with Gasteiger partial charge in [0, 0.05) is 12.3 Å². The van der Waals surface area contributed by atoms with Gasteiger partial charge in [-0.3, -0.25) is 4.99 Å². The fraction of sp³-hybridized carbons (Fsp3) is 0.667. The molecule has 0 aromatic carbocycles. The number of rotatable bonds is 2. The van der Waals surface area contributed by atoms with Crippen LogP contribution in [-0.4, -0.2) is 12.3 Å². The number of hydrogen-bond acceptors (Lipinski definition) is 1. The number of allylic oxidation sites excluding steroid dienone is 4. The highest BCUT2D eigenvalue weighted by molar-refractivity contribution is 6.03. The summed E-state index contributed by atoms with van der Waals surface area (Å²) in [6.07, 6.45) is 9.37. The van der Waals surface area contributed by atoms with E-state index in [1.54, 1.807) is 0 Å². The third kappa shape index (κ3) is 3.62. The number of hydrogen-bond donors (Lipinski definition) is 0. The molecular weight excluding hydrogens is 194 g/mol. The van der Waals surface area contributed by atoms with Gasteiger partial charge in [0.2, 0.25) is 0 Å². The van der Waals surface area contributed by atoms with Crippen LogP contribution in [0, 0.1) is 5.92 Å². The molecular formula is C15H25N. The standard InChI is InChI=1S/C15H25N/c1-5-13(4)14-10-8-7-9-12(3)11-15(14)16-6-2/h8,10,12H,5-7,9,11H2,1-4H3/b10-8-,14-13+,16-15-/t12-/m1/s1. The van der Waals surface area contributed by atoms with Crippen molar-refractivity contribution in [1.29, 1.82) is 0 Å². The molecule has 0 aromatic heterocycles. The van der Waals surface area contributed by atoms with Gasteiger partial charge in [0.05, 0.1) is 0 Å². The van der Waals surface area contributed by atoms with Crippen molar-refractivity contribution in [2.75, 3.05) is 6.54 Å². The van der Waals surface area contributed by atoms with Crippen LogP contribution in [-0.2, 0) is 0 Å². The Bertz CT molecular complexity index is 307. The molecule has 0 heterocycles. The Hall–Kier alpha value is -0.850. The molecule has 0 fully saturated rings. The smallest absolute Gasteiger partial charge is 0.0422 e. The molecule has 1 nitrogen and oxygen atoms in total. The van der Waals surface area contributed by atoms with Gasteiger partial charge in [-0.1, -0.05) is 31.6 Å². The zero-order chi connectivity index (χ0) is 12.0. The van der Waals surface area contributed by atoms with E-state index >= 15 is 0 Å². The molecule has 0 N–H and O–H groups in total. The molecule has 0 aromatic rings. The lowest BCUT2D eigenvalue weighted by Crippen LogP contribution is -2.11. The molecule has 0 spiro atoms. The number of aliphatic imine (C=N–C) groups is 1. The van der Waals surface area contributed by atoms with E-state index in [0.29, 0.717) is 0 Å². The van der Waals surface area contributed by atoms with Gasteiger partial charge >= 0.3 is 0 Å². The highest BCUT2D eigenvalue weighted by atomic mass is 14.7. The lowest BCUT2D eigenvalue weighted by molar-refractivity contribution is 0.557. The Morgan fingerprint density at radius 3 is 2.81 bits per heavy atom. The molecule has 0 aliphatic heterocycles. The SMILES string of the molecule is CC/N=C1/C[C@H](C)CC\C=C/C1=C(/C)CC. The highest BCUT2D eigenvalue weighted by Gasteiger charge is 2.13. The van der Waals surface area contributed by atoms with Crippen LogP contribution in [0.4, 0.5) is 0 Å². The molecule has 1 atom stereocenters. The first-order valence-corrected chi connectivity index (χ1v) is 6.59. The van der Waals surface area contributed by atoms with E-state index in [0.717, 1.165) is 25.3 Å². The lowest BCUT2D eigenvalue weighted by Gasteiger charge is -2.18. The maximum Gasteiger partial charge on any atom is 0.0422 e. The van der Waals surface area contributed by atoms with E-state index in [2.05, 4.69) is 39.8 Å². The second-order valence-corrected chi connectivity index (χ2v) is 4.76. The maximum absolute atomic E-state index is 4.69. The molecule has 1 aliphatic rings. The minimum absolute atomic E-state index is 0.759. The van der Waals surface area contributed by atoms with E-state index in [1.165, 1.54) is 29.7 Å². The van der Waals surface area contributed by atoms with E-state index in [9.17, 15) is 0 Å². The van der Waals surface area contributed by atoms with Crippen LogP contribution in [0.2, 0.25) is 0 Å². The average Bonchev–Trinajstić information content (AvgIpc) is 2.25. The number of nitrogens with zero attached hydrogens (tertiary/aromatic N) is 1. The predicted molar refractivity (Wildman–Crippen MR) is 73.1 cm³/mol. The third-order valence-electron chi connectivity index (χ3n) is 3.30. The average molecular weight is 219 g/mol. The van der Waals surface area contributed by atoms with E-state index in [4.69, 9.17) is 4.99 Å². The summed E-state index contributed by atoms with van der Waals surface area (Å²) in [4.78, 5) is 4.69. The Labute approximate surface area is 100 Å². The Morgan fingerprint density at radius 2 is 2.19 bits per heavy atom. The summed E-state index contributed by atoms with van der Waals surface area (Å²) in [5.41, 5.74) is 4.19. The first-order valence-electron chi connectivity index (χ1n) is 6.59. The highest BCUT2D eigenvalue weighted by Crippen LogP contribution is 2.22. The van der Waals surface area contributed by atoms with Crippen LogP contribution in [0.25, 0.3) is 0 Å². The summed E-state index contributed by atoms with van der Waals surface area (Å²) in [6.45, 7) is 9.82. The van der Waals surface area contributed by atoms with Crippen LogP contribution in [0.3, 0.4) is 0 Å². The van der Waals surface area contributed by atoms with E-state index in [1.807, 2.05) is 0 Å². The molecule has 1 aliphatic carbocycles. The van der Waals surface area contributed by atoms with E-state index in [-0.39, 0.29) is 0 Å². The summed E-state index contributed by atoms with van der Waals surface area (Å²) in [7, 11) is 0. The van der Waals surface area contributed by atoms with Gasteiger partial charge in [-0.2, -0.15) is 0 Å². The van der Waals surface area contributed by atoms with Crippen molar-refractivity contribution in [2.24, 2.45) is 10.9 Å². The third-order valence-corrected chi connectivity index (χ3v) is 3.30. The van der Waals surface area contributed by atoms with Crippen molar-refractivity contribution < 1.29 is 0 Å². The molecule has 90 valence electrons. The van der Waals surface area contributed by atoms with Gasteiger partial charge in [0.25, 0.3) is 0 Å². The summed E-state index contributed by atoms with van der Waals surface area (Å²) >= 11 is 0. The monoisotopic (exact) mass is 219 g/mol. The van der Waals surface area contributed by atoms with Crippen molar-refractivity contribution in [1.82, 2.24) is 0 Å². The van der Waals surface area contributed by atoms with Crippen LogP contribution in [0.1, 0.15) is 53.4 Å². The molecule has 1 heteroatoms. The quantitative estimate of drug-likeness (QED) is 0.646. The van der Waals surface area contributed by atoms with Gasteiger partial charge in [-0.25, -0.2) is 0 Å². The van der Waals surface area contributed by atoms with Gasteiger partial charge in [-0.15, -0.1) is 0 Å². The topological polar surface area (TPSA) is 12.4 Å². The molecule has 16 heavy (non-hydrogen) atoms. The fourth-order valence-electron chi connectivity index (χ4n) is 2.14. The summed E-state index contributed by atoms with van der Waals surface area (Å²) < 4.78 is 0. The Morgan fingerprint density at radius 1 is 1.44 bits per heavy atom.